The lowest BCUT2D eigenvalue weighted by Crippen LogP contribution is -2.38. The molecule has 0 spiro atoms. The largest absolute Gasteiger partial charge is 0.443 e. The first-order valence-electron chi connectivity index (χ1n) is 6.49. The van der Waals surface area contributed by atoms with E-state index in [2.05, 4.69) is 0 Å². The molecule has 1 heterocycles. The smallest absolute Gasteiger partial charge is 0.423 e. The van der Waals surface area contributed by atoms with Crippen molar-refractivity contribution < 1.29 is 18.5 Å². The number of hydrogen-bond donors (Lipinski definition) is 0. The highest BCUT2D eigenvalue weighted by Crippen LogP contribution is 2.17. The number of hydrogen-bond acceptors (Lipinski definition) is 4. The van der Waals surface area contributed by atoms with Crippen LogP contribution in [0.5, 0.6) is 0 Å². The van der Waals surface area contributed by atoms with Crippen LogP contribution in [0.1, 0.15) is 48.0 Å². The van der Waals surface area contributed by atoms with Gasteiger partial charge in [0.25, 0.3) is 0 Å². The predicted octanol–water partition coefficient (Wildman–Crippen LogP) is 2.08. The van der Waals surface area contributed by atoms with Crippen molar-refractivity contribution in [2.24, 2.45) is 0 Å². The number of rotatable bonds is 1. The van der Waals surface area contributed by atoms with Crippen molar-refractivity contribution in [2.45, 2.75) is 53.6 Å². The Labute approximate surface area is 117 Å². The van der Waals surface area contributed by atoms with Gasteiger partial charge in [-0.3, -0.25) is 4.79 Å². The molecule has 0 aromatic carbocycles. The topological polar surface area (TPSA) is 66.9 Å². The van der Waals surface area contributed by atoms with Gasteiger partial charge >= 0.3 is 6.09 Å². The van der Waals surface area contributed by atoms with Gasteiger partial charge in [-0.15, -0.1) is 0 Å². The van der Waals surface area contributed by atoms with Crippen molar-refractivity contribution in [2.75, 3.05) is 13.1 Å². The maximum absolute atomic E-state index is 11.9. The summed E-state index contributed by atoms with van der Waals surface area (Å²) in [4.78, 5) is 23.1. The molecule has 2 amide bonds. The molecule has 1 aliphatic rings. The SMILES string of the molecule is CC.CCC(=O)N1CCN(C(=O)OC(C)(C)C)S1=O. The molecule has 6 nitrogen and oxygen atoms in total. The van der Waals surface area contributed by atoms with Crippen molar-refractivity contribution >= 4 is 23.2 Å². The van der Waals surface area contributed by atoms with Crippen molar-refractivity contribution in [3.05, 3.63) is 0 Å². The van der Waals surface area contributed by atoms with Crippen LogP contribution in [0.25, 0.3) is 0 Å². The summed E-state index contributed by atoms with van der Waals surface area (Å²) < 4.78 is 19.2. The molecule has 1 rings (SSSR count). The molecule has 112 valence electrons. The maximum atomic E-state index is 11.9. The van der Waals surface area contributed by atoms with Crippen LogP contribution >= 0.6 is 0 Å². The minimum Gasteiger partial charge on any atom is -0.443 e. The first-order chi connectivity index (χ1) is 8.76. The lowest BCUT2D eigenvalue weighted by Gasteiger charge is -2.23. The van der Waals surface area contributed by atoms with Gasteiger partial charge in [-0.05, 0) is 20.8 Å². The summed E-state index contributed by atoms with van der Waals surface area (Å²) in [5, 5.41) is 0. The number of nitrogens with zero attached hydrogens (tertiary/aromatic N) is 2. The molecule has 0 aromatic rings. The second-order valence-electron chi connectivity index (χ2n) is 4.66. The van der Waals surface area contributed by atoms with Crippen LogP contribution in [0, 0.1) is 0 Å². The van der Waals surface area contributed by atoms with Gasteiger partial charge in [0.05, 0.1) is 13.1 Å². The maximum Gasteiger partial charge on any atom is 0.423 e. The molecular weight excluding hydrogens is 268 g/mol. The van der Waals surface area contributed by atoms with E-state index in [1.807, 2.05) is 13.8 Å². The minimum absolute atomic E-state index is 0.227. The molecule has 0 radical (unpaired) electrons. The summed E-state index contributed by atoms with van der Waals surface area (Å²) in [6, 6.07) is 0. The normalized spacial score (nSPS) is 18.7. The Balaban J connectivity index is 0.00000154. The first-order valence-corrected chi connectivity index (χ1v) is 7.55. The van der Waals surface area contributed by atoms with Crippen molar-refractivity contribution in [3.8, 4) is 0 Å². The third kappa shape index (κ3) is 5.18. The zero-order valence-corrected chi connectivity index (χ0v) is 13.4. The van der Waals surface area contributed by atoms with Crippen molar-refractivity contribution in [1.29, 1.82) is 0 Å². The van der Waals surface area contributed by atoms with Gasteiger partial charge in [0.15, 0.2) is 0 Å². The van der Waals surface area contributed by atoms with E-state index in [0.29, 0.717) is 6.54 Å². The molecule has 0 aliphatic carbocycles. The molecule has 1 saturated heterocycles. The van der Waals surface area contributed by atoms with Crippen LogP contribution in [0.2, 0.25) is 0 Å². The Kier molecular flexibility index (Phi) is 7.04. The Morgan fingerprint density at radius 3 is 2.05 bits per heavy atom. The van der Waals surface area contributed by atoms with Gasteiger partial charge < -0.3 is 4.74 Å². The molecule has 0 N–H and O–H groups in total. The lowest BCUT2D eigenvalue weighted by molar-refractivity contribution is -0.125. The molecule has 7 heteroatoms. The molecule has 0 aromatic heterocycles. The summed E-state index contributed by atoms with van der Waals surface area (Å²) in [6.45, 7) is 11.4. The zero-order valence-electron chi connectivity index (χ0n) is 12.6. The second-order valence-corrected chi connectivity index (χ2v) is 6.01. The summed E-state index contributed by atoms with van der Waals surface area (Å²) in [5.41, 5.74) is -0.635. The fourth-order valence-corrected chi connectivity index (χ4v) is 2.49. The molecule has 1 unspecified atom stereocenters. The molecule has 19 heavy (non-hydrogen) atoms. The van der Waals surface area contributed by atoms with Gasteiger partial charge in [-0.25, -0.2) is 17.6 Å². The summed E-state index contributed by atoms with van der Waals surface area (Å²) in [6.07, 6.45) is -0.379. The van der Waals surface area contributed by atoms with E-state index in [0.717, 1.165) is 4.31 Å². The van der Waals surface area contributed by atoms with Crippen LogP contribution in [0.4, 0.5) is 4.79 Å². The first kappa shape index (κ1) is 17.9. The van der Waals surface area contributed by atoms with E-state index in [4.69, 9.17) is 4.74 Å². The van der Waals surface area contributed by atoms with Gasteiger partial charge in [0, 0.05) is 6.42 Å². The highest BCUT2D eigenvalue weighted by Gasteiger charge is 2.37. The van der Waals surface area contributed by atoms with Gasteiger partial charge in [0.2, 0.25) is 17.1 Å². The Hall–Kier alpha value is -1.11. The van der Waals surface area contributed by atoms with E-state index >= 15 is 0 Å². The molecule has 0 bridgehead atoms. The third-order valence-corrected chi connectivity index (χ3v) is 3.53. The number of ether oxygens (including phenoxy) is 1. The van der Waals surface area contributed by atoms with Crippen LogP contribution in [-0.2, 0) is 20.7 Å². The Morgan fingerprint density at radius 1 is 1.16 bits per heavy atom. The predicted molar refractivity (Wildman–Crippen MR) is 74.4 cm³/mol. The molecule has 0 saturated carbocycles. The second kappa shape index (κ2) is 7.47. The van der Waals surface area contributed by atoms with Crippen LogP contribution < -0.4 is 0 Å². The fourth-order valence-electron chi connectivity index (χ4n) is 1.31. The van der Waals surface area contributed by atoms with Crippen LogP contribution in [0.3, 0.4) is 0 Å². The number of carbonyl (C=O) groups excluding carboxylic acids is 2. The van der Waals surface area contributed by atoms with E-state index in [1.54, 1.807) is 27.7 Å². The fraction of sp³-hybridized carbons (Fsp3) is 0.833. The highest BCUT2D eigenvalue weighted by atomic mass is 32.2. The number of amides is 2. The van der Waals surface area contributed by atoms with Crippen molar-refractivity contribution in [1.82, 2.24) is 8.61 Å². The molecule has 1 atom stereocenters. The molecular formula is C12H24N2O4S. The average molecular weight is 292 g/mol. The quantitative estimate of drug-likeness (QED) is 0.742. The third-order valence-electron chi connectivity index (χ3n) is 2.06. The summed E-state index contributed by atoms with van der Waals surface area (Å²) in [5.74, 6) is -0.227. The monoisotopic (exact) mass is 292 g/mol. The van der Waals surface area contributed by atoms with E-state index < -0.39 is 22.9 Å². The molecule has 1 aliphatic heterocycles. The number of carbonyl (C=O) groups is 2. The Morgan fingerprint density at radius 2 is 1.63 bits per heavy atom. The summed E-state index contributed by atoms with van der Waals surface area (Å²) >= 11 is -1.75. The highest BCUT2D eigenvalue weighted by molar-refractivity contribution is 7.81. The van der Waals surface area contributed by atoms with E-state index in [-0.39, 0.29) is 18.9 Å². The van der Waals surface area contributed by atoms with E-state index in [9.17, 15) is 13.8 Å². The van der Waals surface area contributed by atoms with Gasteiger partial charge in [-0.2, -0.15) is 0 Å². The van der Waals surface area contributed by atoms with Crippen molar-refractivity contribution in [3.63, 3.8) is 0 Å². The van der Waals surface area contributed by atoms with Crippen LogP contribution in [0.15, 0.2) is 0 Å². The summed E-state index contributed by atoms with van der Waals surface area (Å²) in [7, 11) is 0. The molecule has 1 fully saturated rings. The Bertz CT molecular complexity index is 352. The van der Waals surface area contributed by atoms with Crippen LogP contribution in [-0.4, -0.2) is 43.5 Å². The van der Waals surface area contributed by atoms with Gasteiger partial charge in [-0.1, -0.05) is 20.8 Å². The van der Waals surface area contributed by atoms with E-state index in [1.165, 1.54) is 4.31 Å². The minimum atomic E-state index is -1.75. The zero-order chi connectivity index (χ0) is 15.2. The van der Waals surface area contributed by atoms with Gasteiger partial charge in [0.1, 0.15) is 5.60 Å². The average Bonchev–Trinajstić information content (AvgIpc) is 2.70. The standard InChI is InChI=1S/C10H18N2O4S.C2H6/c1-5-8(13)11-6-7-12(17(11)15)9(14)16-10(2,3)4;1-2/h5-7H2,1-4H3;1-2H3. The lowest BCUT2D eigenvalue weighted by atomic mass is 10.2.